The molecule has 1 aliphatic heterocycles. The first-order valence-corrected chi connectivity index (χ1v) is 14.1. The van der Waals surface area contributed by atoms with E-state index in [9.17, 15) is 15.0 Å². The van der Waals surface area contributed by atoms with Gasteiger partial charge in [0, 0.05) is 11.6 Å². The number of ketones is 1. The summed E-state index contributed by atoms with van der Waals surface area (Å²) in [5.41, 5.74) is 6.82. The summed E-state index contributed by atoms with van der Waals surface area (Å²) in [6, 6.07) is 8.24. The molecule has 1 atom stereocenters. The SMILES string of the molecule is CC(C)=CCC/C(C)=C/COc1cc(O)c2c(c1C/C=C(\C)CCC=C(C)C)O[C@H](c1ccc(O)cc1)CC2=O. The van der Waals surface area contributed by atoms with Crippen LogP contribution < -0.4 is 9.47 Å². The maximum absolute atomic E-state index is 13.2. The Morgan fingerprint density at radius 3 is 2.10 bits per heavy atom. The van der Waals surface area contributed by atoms with E-state index in [1.165, 1.54) is 22.3 Å². The van der Waals surface area contributed by atoms with Crippen LogP contribution in [0.2, 0.25) is 0 Å². The van der Waals surface area contributed by atoms with Crippen molar-refractivity contribution < 1.29 is 24.5 Å². The van der Waals surface area contributed by atoms with E-state index in [1.807, 2.05) is 0 Å². The van der Waals surface area contributed by atoms with Crippen molar-refractivity contribution in [3.63, 3.8) is 0 Å². The number of carbonyl (C=O) groups is 1. The summed E-state index contributed by atoms with van der Waals surface area (Å²) in [6.45, 7) is 13.0. The zero-order chi connectivity index (χ0) is 29.2. The van der Waals surface area contributed by atoms with Crippen LogP contribution in [0.4, 0.5) is 0 Å². The number of fused-ring (bicyclic) bond motifs is 1. The fourth-order valence-corrected chi connectivity index (χ4v) is 4.64. The first-order valence-electron chi connectivity index (χ1n) is 14.1. The van der Waals surface area contributed by atoms with Gasteiger partial charge in [0.1, 0.15) is 41.3 Å². The largest absolute Gasteiger partial charge is 0.508 e. The molecule has 0 saturated heterocycles. The van der Waals surface area contributed by atoms with Crippen molar-refractivity contribution in [1.82, 2.24) is 0 Å². The molecule has 0 aromatic heterocycles. The molecule has 2 N–H and O–H groups in total. The van der Waals surface area contributed by atoms with Gasteiger partial charge in [-0.05, 0) is 97.4 Å². The number of benzene rings is 2. The zero-order valence-corrected chi connectivity index (χ0v) is 24.8. The minimum Gasteiger partial charge on any atom is -0.508 e. The predicted octanol–water partition coefficient (Wildman–Crippen LogP) is 9.11. The number of aromatic hydroxyl groups is 2. The van der Waals surface area contributed by atoms with Gasteiger partial charge in [0.25, 0.3) is 0 Å². The Labute approximate surface area is 239 Å². The van der Waals surface area contributed by atoms with Crippen LogP contribution in [-0.4, -0.2) is 22.6 Å². The number of ether oxygens (including phenoxy) is 2. The Balaban J connectivity index is 1.94. The average Bonchev–Trinajstić information content (AvgIpc) is 2.88. The summed E-state index contributed by atoms with van der Waals surface area (Å²) in [5.74, 6) is 0.734. The van der Waals surface area contributed by atoms with Crippen LogP contribution in [0, 0.1) is 0 Å². The second kappa shape index (κ2) is 14.6. The minimum absolute atomic E-state index is 0.107. The number of phenols is 2. The third-order valence-electron chi connectivity index (χ3n) is 7.00. The highest BCUT2D eigenvalue weighted by atomic mass is 16.5. The number of Topliss-reactive ketones (excluding diaryl/α,β-unsaturated/α-hetero) is 1. The van der Waals surface area contributed by atoms with Crippen molar-refractivity contribution in [3.8, 4) is 23.0 Å². The van der Waals surface area contributed by atoms with E-state index in [1.54, 1.807) is 30.3 Å². The molecule has 0 spiro atoms. The van der Waals surface area contributed by atoms with Crippen molar-refractivity contribution in [2.24, 2.45) is 0 Å². The molecule has 5 heteroatoms. The van der Waals surface area contributed by atoms with E-state index in [0.717, 1.165) is 36.8 Å². The van der Waals surface area contributed by atoms with Gasteiger partial charge in [0.05, 0.1) is 6.42 Å². The number of carbonyl (C=O) groups excluding carboxylic acids is 1. The van der Waals surface area contributed by atoms with Crippen LogP contribution in [0.15, 0.2) is 76.9 Å². The summed E-state index contributed by atoms with van der Waals surface area (Å²) in [6.07, 6.45) is 12.6. The second-order valence-corrected chi connectivity index (χ2v) is 11.2. The van der Waals surface area contributed by atoms with Crippen LogP contribution in [0.1, 0.15) is 101 Å². The first-order chi connectivity index (χ1) is 19.0. The molecule has 0 saturated carbocycles. The Kier molecular flexibility index (Phi) is 11.2. The molecule has 2 aromatic rings. The van der Waals surface area contributed by atoms with E-state index in [0.29, 0.717) is 24.5 Å². The van der Waals surface area contributed by atoms with Crippen molar-refractivity contribution in [2.45, 2.75) is 86.2 Å². The highest BCUT2D eigenvalue weighted by Crippen LogP contribution is 2.46. The molecule has 0 aliphatic carbocycles. The highest BCUT2D eigenvalue weighted by molar-refractivity contribution is 6.03. The quantitative estimate of drug-likeness (QED) is 0.261. The Morgan fingerprint density at radius 2 is 1.50 bits per heavy atom. The summed E-state index contributed by atoms with van der Waals surface area (Å²) >= 11 is 0. The van der Waals surface area contributed by atoms with Crippen LogP contribution in [0.5, 0.6) is 23.0 Å². The third kappa shape index (κ3) is 8.90. The van der Waals surface area contributed by atoms with Gasteiger partial charge in [-0.1, -0.05) is 52.7 Å². The average molecular weight is 545 g/mol. The van der Waals surface area contributed by atoms with Crippen molar-refractivity contribution >= 4 is 5.78 Å². The Bertz CT molecular complexity index is 1300. The number of hydrogen-bond acceptors (Lipinski definition) is 5. The normalized spacial score (nSPS) is 15.2. The van der Waals surface area contributed by atoms with E-state index >= 15 is 0 Å². The van der Waals surface area contributed by atoms with Gasteiger partial charge in [-0.25, -0.2) is 0 Å². The van der Waals surface area contributed by atoms with Gasteiger partial charge >= 0.3 is 0 Å². The van der Waals surface area contributed by atoms with Crippen LogP contribution in [-0.2, 0) is 6.42 Å². The van der Waals surface area contributed by atoms with Crippen molar-refractivity contribution in [3.05, 3.63) is 93.6 Å². The van der Waals surface area contributed by atoms with Crippen LogP contribution in [0.25, 0.3) is 0 Å². The van der Waals surface area contributed by atoms with Gasteiger partial charge in [-0.3, -0.25) is 4.79 Å². The summed E-state index contributed by atoms with van der Waals surface area (Å²) < 4.78 is 12.6. The molecule has 1 heterocycles. The molecular weight excluding hydrogens is 500 g/mol. The van der Waals surface area contributed by atoms with Gasteiger partial charge in [0.15, 0.2) is 5.78 Å². The summed E-state index contributed by atoms with van der Waals surface area (Å²) in [7, 11) is 0. The fourth-order valence-electron chi connectivity index (χ4n) is 4.64. The van der Waals surface area contributed by atoms with E-state index in [2.05, 4.69) is 65.8 Å². The van der Waals surface area contributed by atoms with E-state index in [-0.39, 0.29) is 29.3 Å². The fraction of sp³-hybridized carbons (Fsp3) is 0.400. The highest BCUT2D eigenvalue weighted by Gasteiger charge is 2.33. The predicted molar refractivity (Wildman–Crippen MR) is 163 cm³/mol. The van der Waals surface area contributed by atoms with Crippen LogP contribution >= 0.6 is 0 Å². The number of allylic oxidation sites excluding steroid dienone is 7. The molecule has 214 valence electrons. The van der Waals surface area contributed by atoms with Gasteiger partial charge in [-0.15, -0.1) is 0 Å². The molecule has 0 unspecified atom stereocenters. The van der Waals surface area contributed by atoms with Crippen molar-refractivity contribution in [2.75, 3.05) is 6.61 Å². The Hall–Kier alpha value is -3.73. The summed E-state index contributed by atoms with van der Waals surface area (Å²) in [5, 5.41) is 20.6. The molecule has 0 radical (unpaired) electrons. The number of hydrogen-bond donors (Lipinski definition) is 2. The Morgan fingerprint density at radius 1 is 0.900 bits per heavy atom. The lowest BCUT2D eigenvalue weighted by molar-refractivity contribution is 0.0842. The number of rotatable bonds is 12. The zero-order valence-electron chi connectivity index (χ0n) is 24.8. The number of phenolic OH excluding ortho intramolecular Hbond substituents is 2. The molecule has 0 amide bonds. The maximum Gasteiger partial charge on any atom is 0.174 e. The molecule has 0 fully saturated rings. The third-order valence-corrected chi connectivity index (χ3v) is 7.00. The van der Waals surface area contributed by atoms with Crippen molar-refractivity contribution in [1.29, 1.82) is 0 Å². The second-order valence-electron chi connectivity index (χ2n) is 11.2. The molecule has 5 nitrogen and oxygen atoms in total. The molecule has 0 bridgehead atoms. The topological polar surface area (TPSA) is 76.0 Å². The maximum atomic E-state index is 13.2. The van der Waals surface area contributed by atoms with Gasteiger partial charge < -0.3 is 19.7 Å². The first kappa shape index (κ1) is 30.8. The molecule has 1 aliphatic rings. The molecule has 40 heavy (non-hydrogen) atoms. The monoisotopic (exact) mass is 544 g/mol. The smallest absolute Gasteiger partial charge is 0.174 e. The molecular formula is C35H44O5. The van der Waals surface area contributed by atoms with Gasteiger partial charge in [-0.2, -0.15) is 0 Å². The minimum atomic E-state index is -0.519. The van der Waals surface area contributed by atoms with E-state index < -0.39 is 6.10 Å². The lowest BCUT2D eigenvalue weighted by Crippen LogP contribution is -2.22. The lowest BCUT2D eigenvalue weighted by atomic mass is 9.92. The standard InChI is InChI=1S/C35H44O5/c1-23(2)9-7-11-25(5)13-18-29-33(39-20-19-26(6)12-8-10-24(3)4)22-31(38)34-30(37)21-32(40-35(29)34)27-14-16-28(36)17-15-27/h9-10,13-17,19,22,32,36,38H,7-8,11-12,18,20-21H2,1-6H3/b25-13+,26-19+/t32-/m0/s1. The van der Waals surface area contributed by atoms with Crippen LogP contribution in [0.3, 0.4) is 0 Å². The van der Waals surface area contributed by atoms with Gasteiger partial charge in [0.2, 0.25) is 0 Å². The molecule has 3 rings (SSSR count). The van der Waals surface area contributed by atoms with E-state index in [4.69, 9.17) is 9.47 Å². The molecule has 2 aromatic carbocycles. The lowest BCUT2D eigenvalue weighted by Gasteiger charge is -2.29. The summed E-state index contributed by atoms with van der Waals surface area (Å²) in [4.78, 5) is 13.2.